The Morgan fingerprint density at radius 3 is 2.42 bits per heavy atom. The number of allylic oxidation sites excluding steroid dienone is 1. The number of primary amides is 1. The van der Waals surface area contributed by atoms with E-state index in [4.69, 9.17) is 5.73 Å². The third-order valence-electron chi connectivity index (χ3n) is 7.63. The molecule has 36 heavy (non-hydrogen) atoms. The molecule has 190 valence electrons. The molecule has 0 heterocycles. The maximum atomic E-state index is 13.8. The Bertz CT molecular complexity index is 1340. The molecule has 0 radical (unpaired) electrons. The molecule has 3 aliphatic carbocycles. The van der Waals surface area contributed by atoms with E-state index in [0.29, 0.717) is 16.8 Å². The lowest BCUT2D eigenvalue weighted by atomic mass is 9.57. The molecular weight excluding hydrogens is 484 g/mol. The van der Waals surface area contributed by atoms with Gasteiger partial charge in [-0.2, -0.15) is 4.99 Å². The molecule has 0 saturated carbocycles. The van der Waals surface area contributed by atoms with Crippen molar-refractivity contribution < 1.29 is 29.7 Å². The van der Waals surface area contributed by atoms with Gasteiger partial charge in [-0.3, -0.25) is 14.4 Å². The Kier molecular flexibility index (Phi) is 6.17. The zero-order chi connectivity index (χ0) is 26.9. The number of ketones is 2. The van der Waals surface area contributed by atoms with Crippen molar-refractivity contribution in [2.45, 2.75) is 31.4 Å². The number of rotatable bonds is 4. The summed E-state index contributed by atoms with van der Waals surface area (Å²) in [6.07, 6.45) is 0.433. The molecule has 0 unspecified atom stereocenters. The third kappa shape index (κ3) is 3.35. The van der Waals surface area contributed by atoms with Gasteiger partial charge in [0, 0.05) is 37.3 Å². The average Bonchev–Trinajstić information content (AvgIpc) is 2.77. The molecule has 1 aromatic rings. The smallest absolute Gasteiger partial charge is 0.252 e. The summed E-state index contributed by atoms with van der Waals surface area (Å²) in [7, 11) is 7.04. The Morgan fingerprint density at radius 1 is 1.25 bits per heavy atom. The number of fused-ring (bicyclic) bond motifs is 3. The molecule has 1 aromatic carbocycles. The van der Waals surface area contributed by atoms with Crippen LogP contribution in [0.25, 0.3) is 0 Å². The van der Waals surface area contributed by atoms with Gasteiger partial charge in [-0.1, -0.05) is 0 Å². The van der Waals surface area contributed by atoms with E-state index in [1.807, 2.05) is 0 Å². The van der Waals surface area contributed by atoms with Gasteiger partial charge >= 0.3 is 0 Å². The van der Waals surface area contributed by atoms with Gasteiger partial charge < -0.3 is 30.9 Å². The fraction of sp³-hybridized carbons (Fsp3) is 0.440. The van der Waals surface area contributed by atoms with Gasteiger partial charge in [-0.25, -0.2) is 0 Å². The fourth-order valence-electron chi connectivity index (χ4n) is 6.20. The van der Waals surface area contributed by atoms with Crippen molar-refractivity contribution in [3.8, 4) is 5.75 Å². The van der Waals surface area contributed by atoms with Crippen molar-refractivity contribution in [3.63, 3.8) is 0 Å². The van der Waals surface area contributed by atoms with E-state index >= 15 is 0 Å². The Morgan fingerprint density at radius 2 is 1.89 bits per heavy atom. The summed E-state index contributed by atoms with van der Waals surface area (Å²) in [6, 6.07) is 1.00. The number of phenols is 1. The van der Waals surface area contributed by atoms with Crippen LogP contribution < -0.4 is 10.6 Å². The second-order valence-electron chi connectivity index (χ2n) is 9.98. The van der Waals surface area contributed by atoms with Gasteiger partial charge in [0.05, 0.1) is 16.3 Å². The number of aromatic hydroxyl groups is 1. The number of hydrogen-bond donors (Lipinski definition) is 4. The molecule has 4 atom stereocenters. The zero-order valence-electron chi connectivity index (χ0n) is 20.6. The molecular formula is C25H28N4O6S. The summed E-state index contributed by atoms with van der Waals surface area (Å²) in [5.41, 5.74) is 3.95. The van der Waals surface area contributed by atoms with E-state index in [1.54, 1.807) is 51.0 Å². The van der Waals surface area contributed by atoms with Gasteiger partial charge in [0.2, 0.25) is 5.78 Å². The van der Waals surface area contributed by atoms with Crippen LogP contribution in [-0.2, 0) is 16.0 Å². The monoisotopic (exact) mass is 512 g/mol. The lowest BCUT2D eigenvalue weighted by molar-refractivity contribution is -0.146. The van der Waals surface area contributed by atoms with Crippen molar-refractivity contribution in [2.75, 3.05) is 33.1 Å². The number of hydrogen-bond acceptors (Lipinski definition) is 10. The van der Waals surface area contributed by atoms with Crippen LogP contribution in [0.1, 0.15) is 29.3 Å². The first-order chi connectivity index (χ1) is 16.8. The number of benzene rings is 1. The molecule has 1 amide bonds. The molecule has 0 aliphatic heterocycles. The van der Waals surface area contributed by atoms with Crippen LogP contribution in [0, 0.1) is 11.8 Å². The van der Waals surface area contributed by atoms with Crippen molar-refractivity contribution in [1.82, 2.24) is 4.90 Å². The first-order valence-corrected chi connectivity index (χ1v) is 11.8. The van der Waals surface area contributed by atoms with Crippen LogP contribution in [0.4, 0.5) is 11.4 Å². The van der Waals surface area contributed by atoms with E-state index in [0.717, 1.165) is 0 Å². The third-order valence-corrected chi connectivity index (χ3v) is 7.72. The highest BCUT2D eigenvalue weighted by Gasteiger charge is 2.62. The van der Waals surface area contributed by atoms with Gasteiger partial charge in [-0.15, -0.1) is 0 Å². The van der Waals surface area contributed by atoms with E-state index < -0.39 is 58.0 Å². The number of nitrogens with two attached hydrogens (primary N) is 1. The van der Waals surface area contributed by atoms with Crippen LogP contribution in [0.5, 0.6) is 5.75 Å². The minimum Gasteiger partial charge on any atom is -0.508 e. The van der Waals surface area contributed by atoms with Gasteiger partial charge in [0.15, 0.2) is 17.1 Å². The van der Waals surface area contributed by atoms with E-state index in [1.165, 1.54) is 0 Å². The number of anilines is 1. The minimum absolute atomic E-state index is 0.0303. The van der Waals surface area contributed by atoms with Crippen LogP contribution in [0.2, 0.25) is 0 Å². The summed E-state index contributed by atoms with van der Waals surface area (Å²) in [4.78, 5) is 46.9. The largest absolute Gasteiger partial charge is 0.508 e. The number of isothiocyanates is 1. The number of Topliss-reactive ketones (excluding diaryl/α,β-unsaturated/α-hetero) is 2. The van der Waals surface area contributed by atoms with Crippen LogP contribution in [0.15, 0.2) is 33.5 Å². The molecule has 0 saturated heterocycles. The lowest BCUT2D eigenvalue weighted by Gasteiger charge is -2.51. The molecule has 4 rings (SSSR count). The Balaban J connectivity index is 2.01. The molecule has 3 aliphatic rings. The number of carbonyl (C=O) groups is 3. The summed E-state index contributed by atoms with van der Waals surface area (Å²) in [5, 5.41) is 36.2. The number of amides is 1. The zero-order valence-corrected chi connectivity index (χ0v) is 21.4. The molecule has 5 N–H and O–H groups in total. The van der Waals surface area contributed by atoms with E-state index in [-0.39, 0.29) is 29.7 Å². The number of thiocarbonyl (C=S) groups is 1. The van der Waals surface area contributed by atoms with Crippen molar-refractivity contribution >= 4 is 46.2 Å². The SMILES string of the molecule is CC1=C(C(N)=O)C(=O)[C@@]2(O)C(O)=C3C(=O)c4c(O)c(N=C=S)cc(N(C)C)c4C[C@H]3C[C@H]2[C@@H]1N(C)C. The molecule has 0 spiro atoms. The fourth-order valence-corrected chi connectivity index (χ4v) is 6.30. The van der Waals surface area contributed by atoms with Crippen molar-refractivity contribution in [1.29, 1.82) is 0 Å². The maximum absolute atomic E-state index is 13.8. The van der Waals surface area contributed by atoms with Crippen molar-refractivity contribution in [2.24, 2.45) is 22.6 Å². The molecule has 0 bridgehead atoms. The summed E-state index contributed by atoms with van der Waals surface area (Å²) >= 11 is 4.67. The second kappa shape index (κ2) is 8.63. The van der Waals surface area contributed by atoms with Crippen LogP contribution in [-0.4, -0.2) is 82.7 Å². The normalized spacial score (nSPS) is 27.4. The number of phenolic OH excluding ortho intramolecular Hbond substituents is 1. The van der Waals surface area contributed by atoms with Crippen molar-refractivity contribution in [3.05, 3.63) is 39.7 Å². The predicted octanol–water partition coefficient (Wildman–Crippen LogP) is 1.43. The van der Waals surface area contributed by atoms with Gasteiger partial charge in [0.25, 0.3) is 5.91 Å². The highest BCUT2D eigenvalue weighted by Crippen LogP contribution is 2.54. The topological polar surface area (TPSA) is 157 Å². The number of nitrogens with zero attached hydrogens (tertiary/aromatic N) is 3. The summed E-state index contributed by atoms with van der Waals surface area (Å²) in [6.45, 7) is 1.61. The van der Waals surface area contributed by atoms with E-state index in [2.05, 4.69) is 22.4 Å². The second-order valence-corrected chi connectivity index (χ2v) is 10.2. The number of aliphatic hydroxyl groups is 2. The number of aliphatic imine (C=N–C) groups is 1. The highest BCUT2D eigenvalue weighted by molar-refractivity contribution is 7.78. The minimum atomic E-state index is -2.53. The summed E-state index contributed by atoms with van der Waals surface area (Å²) < 4.78 is 0. The first-order valence-electron chi connectivity index (χ1n) is 11.3. The molecule has 0 fully saturated rings. The molecule has 10 nitrogen and oxygen atoms in total. The lowest BCUT2D eigenvalue weighted by Crippen LogP contribution is -2.63. The number of aliphatic hydroxyl groups excluding tert-OH is 1. The predicted molar refractivity (Wildman–Crippen MR) is 136 cm³/mol. The highest BCUT2D eigenvalue weighted by atomic mass is 32.1. The number of carbonyl (C=O) groups excluding carboxylic acids is 3. The standard InChI is InChI=1S/C25H28N4O6S/c1-10-16(24(26)34)22(32)25(35)13(19(10)29(4)5)7-11-6-12-15(28(2)3)8-14(27-9-36)20(30)18(12)21(31)17(11)23(25)33/h8,11,13,19,30,33,35H,6-7H2,1-5H3,(H2,26,34)/t11-,13-,19+,25+/m0/s1. The first kappa shape index (κ1) is 25.7. The maximum Gasteiger partial charge on any atom is 0.252 e. The van der Waals surface area contributed by atoms with Crippen LogP contribution >= 0.6 is 12.2 Å². The Labute approximate surface area is 213 Å². The molecule has 0 aromatic heterocycles. The van der Waals surface area contributed by atoms with E-state index in [9.17, 15) is 29.7 Å². The Hall–Kier alpha value is -3.37. The average molecular weight is 513 g/mol. The molecule has 11 heteroatoms. The summed E-state index contributed by atoms with van der Waals surface area (Å²) in [5.74, 6) is -5.42. The van der Waals surface area contributed by atoms with Gasteiger partial charge in [-0.05, 0) is 69.2 Å². The van der Waals surface area contributed by atoms with Crippen LogP contribution in [0.3, 0.4) is 0 Å². The quantitative estimate of drug-likeness (QED) is 0.266. The number of likely N-dealkylation sites (N-methyl/N-ethyl adjacent to an activating group) is 1. The van der Waals surface area contributed by atoms with Gasteiger partial charge in [0.1, 0.15) is 11.4 Å².